The Morgan fingerprint density at radius 3 is 2.31 bits per heavy atom. The number of hydrazine groups is 1. The molecule has 2 aromatic carbocycles. The minimum absolute atomic E-state index is 0.101. The highest BCUT2D eigenvalue weighted by Crippen LogP contribution is 2.29. The first-order valence-corrected chi connectivity index (χ1v) is 10.8. The molecule has 11 nitrogen and oxygen atoms in total. The van der Waals surface area contributed by atoms with Crippen LogP contribution in [-0.2, 0) is 19.1 Å². The van der Waals surface area contributed by atoms with Gasteiger partial charge in [-0.25, -0.2) is 0 Å². The molecule has 2 aromatic rings. The highest BCUT2D eigenvalue weighted by Gasteiger charge is 2.37. The minimum Gasteiger partial charge on any atom is -0.496 e. The van der Waals surface area contributed by atoms with E-state index < -0.39 is 36.2 Å². The Hall–Kier alpha value is -3.99. The molecule has 1 heterocycles. The number of methoxy groups -OCH3 is 3. The van der Waals surface area contributed by atoms with Gasteiger partial charge >= 0.3 is 5.97 Å². The van der Waals surface area contributed by atoms with E-state index in [0.717, 1.165) is 5.01 Å². The average molecular weight is 506 g/mol. The Balaban J connectivity index is 1.56. The van der Waals surface area contributed by atoms with E-state index in [-0.39, 0.29) is 30.0 Å². The lowest BCUT2D eigenvalue weighted by Gasteiger charge is -2.19. The van der Waals surface area contributed by atoms with E-state index in [0.29, 0.717) is 16.5 Å². The van der Waals surface area contributed by atoms with Gasteiger partial charge in [0.25, 0.3) is 11.8 Å². The molecule has 186 valence electrons. The summed E-state index contributed by atoms with van der Waals surface area (Å²) in [5, 5.41) is 3.96. The third kappa shape index (κ3) is 6.12. The van der Waals surface area contributed by atoms with Crippen LogP contribution in [0, 0.1) is 5.92 Å². The van der Waals surface area contributed by atoms with Crippen LogP contribution in [0.5, 0.6) is 17.2 Å². The van der Waals surface area contributed by atoms with Gasteiger partial charge in [-0.3, -0.25) is 29.6 Å². The number of hydrogen-bond donors (Lipinski definition) is 2. The first-order valence-electron chi connectivity index (χ1n) is 10.4. The van der Waals surface area contributed by atoms with Crippen molar-refractivity contribution < 1.29 is 38.1 Å². The van der Waals surface area contributed by atoms with E-state index in [1.807, 2.05) is 0 Å². The van der Waals surface area contributed by atoms with Crippen LogP contribution in [0.15, 0.2) is 36.4 Å². The fraction of sp³-hybridized carbons (Fsp3) is 0.304. The molecule has 0 saturated carbocycles. The molecule has 1 aliphatic rings. The predicted molar refractivity (Wildman–Crippen MR) is 124 cm³/mol. The van der Waals surface area contributed by atoms with Crippen LogP contribution in [-0.4, -0.2) is 63.2 Å². The Bertz CT molecular complexity index is 1120. The second-order valence-electron chi connectivity index (χ2n) is 7.38. The van der Waals surface area contributed by atoms with Crippen LogP contribution in [0.3, 0.4) is 0 Å². The molecule has 2 N–H and O–H groups in total. The lowest BCUT2D eigenvalue weighted by molar-refractivity contribution is -0.151. The van der Waals surface area contributed by atoms with Crippen molar-refractivity contribution in [1.29, 1.82) is 0 Å². The Morgan fingerprint density at radius 1 is 1.03 bits per heavy atom. The van der Waals surface area contributed by atoms with Gasteiger partial charge in [-0.2, -0.15) is 0 Å². The molecular weight excluding hydrogens is 482 g/mol. The number of rotatable bonds is 9. The summed E-state index contributed by atoms with van der Waals surface area (Å²) in [6.07, 6.45) is -0.189. The summed E-state index contributed by atoms with van der Waals surface area (Å²) in [6, 6.07) is 9.48. The zero-order valence-corrected chi connectivity index (χ0v) is 20.0. The first kappa shape index (κ1) is 25.6. The molecule has 35 heavy (non-hydrogen) atoms. The van der Waals surface area contributed by atoms with E-state index in [9.17, 15) is 19.2 Å². The molecule has 12 heteroatoms. The van der Waals surface area contributed by atoms with Gasteiger partial charge in [0.2, 0.25) is 5.91 Å². The van der Waals surface area contributed by atoms with Gasteiger partial charge < -0.3 is 24.3 Å². The van der Waals surface area contributed by atoms with Crippen LogP contribution in [0.25, 0.3) is 0 Å². The van der Waals surface area contributed by atoms with Crippen LogP contribution >= 0.6 is 11.6 Å². The molecule has 3 rings (SSSR count). The summed E-state index contributed by atoms with van der Waals surface area (Å²) < 4.78 is 20.6. The van der Waals surface area contributed by atoms with E-state index in [1.165, 1.54) is 27.4 Å². The molecule has 0 aliphatic carbocycles. The van der Waals surface area contributed by atoms with Crippen LogP contribution < -0.4 is 25.0 Å². The van der Waals surface area contributed by atoms with E-state index in [4.69, 9.17) is 30.5 Å². The maximum absolute atomic E-state index is 12.8. The summed E-state index contributed by atoms with van der Waals surface area (Å²) in [7, 11) is 4.24. The third-order valence-corrected chi connectivity index (χ3v) is 5.37. The number of benzene rings is 2. The molecule has 0 unspecified atom stereocenters. The van der Waals surface area contributed by atoms with Gasteiger partial charge in [0.1, 0.15) is 22.8 Å². The van der Waals surface area contributed by atoms with Crippen molar-refractivity contribution in [2.45, 2.75) is 6.42 Å². The molecule has 1 saturated heterocycles. The standard InChI is InChI=1S/C23H24ClN3O8/c1-32-16-8-7-14(24)10-15(16)25-19(28)12-35-23(31)13-9-20(29)27(11-13)26-22(30)21-17(33-2)5-4-6-18(21)34-3/h4-8,10,13H,9,11-12H2,1-3H3,(H,25,28)(H,26,30)/t13-/m1/s1. The summed E-state index contributed by atoms with van der Waals surface area (Å²) in [5.41, 5.74) is 2.88. The number of anilines is 1. The maximum Gasteiger partial charge on any atom is 0.311 e. The van der Waals surface area contributed by atoms with Crippen LogP contribution in [0.2, 0.25) is 5.02 Å². The molecule has 3 amide bonds. The lowest BCUT2D eigenvalue weighted by atomic mass is 10.1. The number of esters is 1. The lowest BCUT2D eigenvalue weighted by Crippen LogP contribution is -2.43. The number of ether oxygens (including phenoxy) is 4. The number of hydrogen-bond acceptors (Lipinski definition) is 8. The van der Waals surface area contributed by atoms with Crippen LogP contribution in [0.4, 0.5) is 5.69 Å². The van der Waals surface area contributed by atoms with Crippen molar-refractivity contribution >= 4 is 41.0 Å². The maximum atomic E-state index is 12.8. The highest BCUT2D eigenvalue weighted by molar-refractivity contribution is 6.31. The number of nitrogens with zero attached hydrogens (tertiary/aromatic N) is 1. The highest BCUT2D eigenvalue weighted by atomic mass is 35.5. The van der Waals surface area contributed by atoms with Gasteiger partial charge in [0.05, 0.1) is 39.5 Å². The third-order valence-electron chi connectivity index (χ3n) is 5.13. The number of carbonyl (C=O) groups excluding carboxylic acids is 4. The first-order chi connectivity index (χ1) is 16.8. The van der Waals surface area contributed by atoms with Crippen molar-refractivity contribution in [3.63, 3.8) is 0 Å². The van der Waals surface area contributed by atoms with Crippen molar-refractivity contribution in [3.8, 4) is 17.2 Å². The zero-order valence-electron chi connectivity index (χ0n) is 19.3. The van der Waals surface area contributed by atoms with Crippen LogP contribution in [0.1, 0.15) is 16.8 Å². The monoisotopic (exact) mass is 505 g/mol. The Morgan fingerprint density at radius 2 is 1.69 bits per heavy atom. The minimum atomic E-state index is -0.865. The summed E-state index contributed by atoms with van der Waals surface area (Å²) in [6.45, 7) is -0.700. The topological polar surface area (TPSA) is 132 Å². The SMILES string of the molecule is COc1ccc(Cl)cc1NC(=O)COC(=O)[C@@H]1CC(=O)N(NC(=O)c2c(OC)cccc2OC)C1. The zero-order chi connectivity index (χ0) is 25.5. The van der Waals surface area contributed by atoms with E-state index in [2.05, 4.69) is 10.7 Å². The number of nitrogens with one attached hydrogen (secondary N) is 2. The largest absolute Gasteiger partial charge is 0.496 e. The second kappa shape index (κ2) is 11.4. The fourth-order valence-corrected chi connectivity index (χ4v) is 3.62. The quantitative estimate of drug-likeness (QED) is 0.495. The second-order valence-corrected chi connectivity index (χ2v) is 7.82. The fourth-order valence-electron chi connectivity index (χ4n) is 3.45. The van der Waals surface area contributed by atoms with E-state index >= 15 is 0 Å². The average Bonchev–Trinajstić information content (AvgIpc) is 3.21. The molecule has 1 aliphatic heterocycles. The van der Waals surface area contributed by atoms with Crippen molar-refractivity contribution in [2.75, 3.05) is 39.8 Å². The number of amides is 3. The van der Waals surface area contributed by atoms with E-state index in [1.54, 1.807) is 30.3 Å². The summed E-state index contributed by atoms with van der Waals surface area (Å²) >= 11 is 5.93. The van der Waals surface area contributed by atoms with Gasteiger partial charge in [0, 0.05) is 11.4 Å². The molecule has 0 aromatic heterocycles. The van der Waals surface area contributed by atoms with Crippen molar-refractivity contribution in [1.82, 2.24) is 10.4 Å². The number of carbonyl (C=O) groups is 4. The van der Waals surface area contributed by atoms with Gasteiger partial charge in [-0.05, 0) is 30.3 Å². The van der Waals surface area contributed by atoms with Gasteiger partial charge in [-0.1, -0.05) is 17.7 Å². The molecule has 0 spiro atoms. The molecule has 0 bridgehead atoms. The predicted octanol–water partition coefficient (Wildman–Crippen LogP) is 2.04. The Labute approximate surface area is 206 Å². The van der Waals surface area contributed by atoms with Gasteiger partial charge in [-0.15, -0.1) is 0 Å². The smallest absolute Gasteiger partial charge is 0.311 e. The molecule has 1 fully saturated rings. The summed E-state index contributed by atoms with van der Waals surface area (Å²) in [4.78, 5) is 49.8. The molecule has 1 atom stereocenters. The normalized spacial score (nSPS) is 14.8. The van der Waals surface area contributed by atoms with Crippen molar-refractivity contribution in [2.24, 2.45) is 5.92 Å². The molecular formula is C23H24ClN3O8. The summed E-state index contributed by atoms with van der Waals surface area (Å²) in [5.74, 6) is -2.46. The van der Waals surface area contributed by atoms with Gasteiger partial charge in [0.15, 0.2) is 6.61 Å². The molecule has 0 radical (unpaired) electrons. The van der Waals surface area contributed by atoms with Crippen molar-refractivity contribution in [3.05, 3.63) is 47.0 Å². The Kier molecular flexibility index (Phi) is 8.37. The number of halogens is 1.